The van der Waals surface area contributed by atoms with Crippen LogP contribution in [0, 0.1) is 0 Å². The van der Waals surface area contributed by atoms with Crippen LogP contribution < -0.4 is 5.73 Å². The number of nitrogens with zero attached hydrogens (tertiary/aromatic N) is 2. The SMILES string of the molecule is N[C@H](C(=O)N1CC[C@@H]2[C@@H]1C(=O)N2S(=O)(=O)O)c1ccccc1. The van der Waals surface area contributed by atoms with E-state index in [0.717, 1.165) is 0 Å². The maximum atomic E-state index is 12.5. The lowest BCUT2D eigenvalue weighted by molar-refractivity contribution is -0.152. The van der Waals surface area contributed by atoms with Gasteiger partial charge in [0.25, 0.3) is 5.91 Å². The Hall–Kier alpha value is -1.97. The van der Waals surface area contributed by atoms with Crippen LogP contribution in [0.3, 0.4) is 0 Å². The number of hydrogen-bond donors (Lipinski definition) is 2. The maximum Gasteiger partial charge on any atom is 0.362 e. The first-order valence-corrected chi connectivity index (χ1v) is 8.14. The Bertz CT molecular complexity index is 720. The fourth-order valence-electron chi connectivity index (χ4n) is 3.04. The van der Waals surface area contributed by atoms with Crippen molar-refractivity contribution in [1.82, 2.24) is 9.21 Å². The minimum Gasteiger partial charge on any atom is -0.327 e. The molecule has 2 aliphatic rings. The lowest BCUT2D eigenvalue weighted by Gasteiger charge is -2.42. The van der Waals surface area contributed by atoms with Gasteiger partial charge in [-0.3, -0.25) is 14.1 Å². The number of nitrogens with two attached hydrogens (primary N) is 1. The van der Waals surface area contributed by atoms with E-state index in [9.17, 15) is 18.0 Å². The van der Waals surface area contributed by atoms with Crippen LogP contribution in [0.5, 0.6) is 0 Å². The van der Waals surface area contributed by atoms with E-state index in [1.54, 1.807) is 30.3 Å². The van der Waals surface area contributed by atoms with Gasteiger partial charge in [-0.25, -0.2) is 4.31 Å². The summed E-state index contributed by atoms with van der Waals surface area (Å²) in [4.78, 5) is 25.7. The minimum absolute atomic E-state index is 0.229. The number of fused-ring (bicyclic) bond motifs is 1. The predicted octanol–water partition coefficient (Wildman–Crippen LogP) is -0.699. The molecule has 3 N–H and O–H groups in total. The third-order valence-corrected chi connectivity index (χ3v) is 5.04. The number of amides is 2. The molecule has 22 heavy (non-hydrogen) atoms. The van der Waals surface area contributed by atoms with Gasteiger partial charge in [-0.1, -0.05) is 30.3 Å². The van der Waals surface area contributed by atoms with Crippen molar-refractivity contribution in [2.45, 2.75) is 24.5 Å². The zero-order valence-electron chi connectivity index (χ0n) is 11.5. The van der Waals surface area contributed by atoms with E-state index in [0.29, 0.717) is 16.3 Å². The van der Waals surface area contributed by atoms with Gasteiger partial charge >= 0.3 is 10.3 Å². The molecule has 1 aromatic carbocycles. The molecule has 3 rings (SSSR count). The minimum atomic E-state index is -4.58. The van der Waals surface area contributed by atoms with Crippen molar-refractivity contribution in [2.24, 2.45) is 5.73 Å². The first-order valence-electron chi connectivity index (χ1n) is 6.74. The Morgan fingerprint density at radius 1 is 1.32 bits per heavy atom. The largest absolute Gasteiger partial charge is 0.362 e. The van der Waals surface area contributed by atoms with E-state index in [1.807, 2.05) is 0 Å². The molecule has 0 aromatic heterocycles. The van der Waals surface area contributed by atoms with Gasteiger partial charge in [0.15, 0.2) is 0 Å². The van der Waals surface area contributed by atoms with Gasteiger partial charge in [-0.15, -0.1) is 0 Å². The molecule has 8 nitrogen and oxygen atoms in total. The maximum absolute atomic E-state index is 12.5. The van der Waals surface area contributed by atoms with Gasteiger partial charge in [0.2, 0.25) is 5.91 Å². The Morgan fingerprint density at radius 2 is 1.95 bits per heavy atom. The average molecular weight is 325 g/mol. The van der Waals surface area contributed by atoms with Gasteiger partial charge in [0.05, 0.1) is 6.04 Å². The molecule has 0 unspecified atom stereocenters. The first-order chi connectivity index (χ1) is 10.3. The quantitative estimate of drug-likeness (QED) is 0.560. The summed E-state index contributed by atoms with van der Waals surface area (Å²) in [5.74, 6) is -1.22. The van der Waals surface area contributed by atoms with Crippen LogP contribution in [0.2, 0.25) is 0 Å². The summed E-state index contributed by atoms with van der Waals surface area (Å²) in [6, 6.07) is 6.26. The first kappa shape index (κ1) is 14.9. The zero-order valence-corrected chi connectivity index (χ0v) is 12.3. The standard InChI is InChI=1S/C13H15N3O5S/c14-10(8-4-2-1-3-5-8)12(17)15-7-6-9-11(15)13(18)16(9)22(19,20)21/h1-5,9-11H,6-7,14H2,(H,19,20,21)/t9-,10+,11-/m1/s1. The summed E-state index contributed by atoms with van der Waals surface area (Å²) in [6.07, 6.45) is 0.295. The van der Waals surface area contributed by atoms with E-state index >= 15 is 0 Å². The topological polar surface area (TPSA) is 121 Å². The molecule has 9 heteroatoms. The number of rotatable bonds is 3. The lowest BCUT2D eigenvalue weighted by atomic mass is 9.99. The van der Waals surface area contributed by atoms with Crippen LogP contribution in [0.4, 0.5) is 0 Å². The van der Waals surface area contributed by atoms with Crippen molar-refractivity contribution in [2.75, 3.05) is 6.54 Å². The number of carbonyl (C=O) groups excluding carboxylic acids is 2. The summed E-state index contributed by atoms with van der Waals surface area (Å²) in [6.45, 7) is 0.229. The molecule has 3 atom stereocenters. The Kier molecular flexibility index (Phi) is 3.42. The van der Waals surface area contributed by atoms with Crippen molar-refractivity contribution < 1.29 is 22.6 Å². The number of likely N-dealkylation sites (tertiary alicyclic amines) is 1. The molecule has 2 amide bonds. The monoisotopic (exact) mass is 325 g/mol. The molecule has 1 aromatic rings. The molecule has 0 aliphatic carbocycles. The second kappa shape index (κ2) is 5.04. The van der Waals surface area contributed by atoms with Crippen LogP contribution in [0.25, 0.3) is 0 Å². The van der Waals surface area contributed by atoms with E-state index in [4.69, 9.17) is 10.3 Å². The summed E-state index contributed by atoms with van der Waals surface area (Å²) < 4.78 is 31.7. The number of hydrogen-bond acceptors (Lipinski definition) is 5. The number of carbonyl (C=O) groups is 2. The van der Waals surface area contributed by atoms with Crippen LogP contribution in [-0.2, 0) is 19.9 Å². The van der Waals surface area contributed by atoms with E-state index in [2.05, 4.69) is 0 Å². The molecular weight excluding hydrogens is 310 g/mol. The highest BCUT2D eigenvalue weighted by Gasteiger charge is 2.60. The molecule has 0 saturated carbocycles. The summed E-state index contributed by atoms with van der Waals surface area (Å²) in [7, 11) is -4.58. The Labute approximate surface area is 127 Å². The highest BCUT2D eigenvalue weighted by Crippen LogP contribution is 2.36. The van der Waals surface area contributed by atoms with E-state index in [1.165, 1.54) is 4.90 Å². The van der Waals surface area contributed by atoms with Gasteiger partial charge in [-0.05, 0) is 12.0 Å². The average Bonchev–Trinajstić information content (AvgIpc) is 2.83. The molecule has 2 fully saturated rings. The highest BCUT2D eigenvalue weighted by atomic mass is 32.2. The second-order valence-electron chi connectivity index (χ2n) is 5.33. The third kappa shape index (κ3) is 2.18. The molecule has 2 heterocycles. The molecule has 0 spiro atoms. The molecule has 0 bridgehead atoms. The molecule has 118 valence electrons. The van der Waals surface area contributed by atoms with Crippen molar-refractivity contribution in [3.05, 3.63) is 35.9 Å². The van der Waals surface area contributed by atoms with Crippen molar-refractivity contribution in [3.63, 3.8) is 0 Å². The fraction of sp³-hybridized carbons (Fsp3) is 0.385. The van der Waals surface area contributed by atoms with Gasteiger partial charge in [0.1, 0.15) is 12.1 Å². The molecule has 2 aliphatic heterocycles. The van der Waals surface area contributed by atoms with E-state index in [-0.39, 0.29) is 6.54 Å². The van der Waals surface area contributed by atoms with Gasteiger partial charge < -0.3 is 10.6 Å². The molecule has 0 radical (unpaired) electrons. The van der Waals surface area contributed by atoms with Crippen LogP contribution in [0.1, 0.15) is 18.0 Å². The molecule has 2 saturated heterocycles. The van der Waals surface area contributed by atoms with Crippen molar-refractivity contribution in [3.8, 4) is 0 Å². The Balaban J connectivity index is 1.78. The number of β-lactam (4-membered cyclic amide) rings is 1. The van der Waals surface area contributed by atoms with Gasteiger partial charge in [0, 0.05) is 6.54 Å². The van der Waals surface area contributed by atoms with Crippen LogP contribution in [0.15, 0.2) is 30.3 Å². The summed E-state index contributed by atoms with van der Waals surface area (Å²) >= 11 is 0. The number of benzene rings is 1. The van der Waals surface area contributed by atoms with Gasteiger partial charge in [-0.2, -0.15) is 8.42 Å². The lowest BCUT2D eigenvalue weighted by Crippen LogP contribution is -2.68. The zero-order chi connectivity index (χ0) is 16.1. The summed E-state index contributed by atoms with van der Waals surface area (Å²) in [5, 5.41) is 0. The summed E-state index contributed by atoms with van der Waals surface area (Å²) in [5.41, 5.74) is 6.55. The molecular formula is C13H15N3O5S. The smallest absolute Gasteiger partial charge is 0.327 e. The highest BCUT2D eigenvalue weighted by molar-refractivity contribution is 7.84. The van der Waals surface area contributed by atoms with Crippen molar-refractivity contribution >= 4 is 22.1 Å². The van der Waals surface area contributed by atoms with Crippen LogP contribution >= 0.6 is 0 Å². The second-order valence-corrected chi connectivity index (χ2v) is 6.62. The predicted molar refractivity (Wildman–Crippen MR) is 75.7 cm³/mol. The van der Waals surface area contributed by atoms with E-state index < -0.39 is 40.2 Å². The van der Waals surface area contributed by atoms with Crippen LogP contribution in [-0.4, -0.2) is 52.6 Å². The third-order valence-electron chi connectivity index (χ3n) is 4.09. The fourth-order valence-corrected chi connectivity index (χ4v) is 3.94. The van der Waals surface area contributed by atoms with Crippen molar-refractivity contribution in [1.29, 1.82) is 0 Å². The Morgan fingerprint density at radius 3 is 2.55 bits per heavy atom. The normalized spacial score (nSPS) is 25.6.